The molecule has 2 rings (SSSR count). The fraction of sp³-hybridized carbons (Fsp3) is 0.444. The van der Waals surface area contributed by atoms with E-state index in [-0.39, 0.29) is 6.09 Å². The van der Waals surface area contributed by atoms with Crippen molar-refractivity contribution in [1.29, 1.82) is 0 Å². The summed E-state index contributed by atoms with van der Waals surface area (Å²) in [6.45, 7) is 15.9. The molecule has 1 aliphatic rings. The van der Waals surface area contributed by atoms with Gasteiger partial charge in [0, 0.05) is 13.1 Å². The monoisotopic (exact) mass is 298 g/mol. The van der Waals surface area contributed by atoms with E-state index in [1.54, 1.807) is 4.90 Å². The first-order chi connectivity index (χ1) is 10.3. The molecule has 1 aliphatic heterocycles. The molecule has 0 aromatic heterocycles. The van der Waals surface area contributed by atoms with Gasteiger partial charge in [0.15, 0.2) is 5.69 Å². The molecule has 0 N–H and O–H groups in total. The SMILES string of the molecule is [C-]#[N+]c1ccc(C2=CCN(C(=O)OC(C)(C)C)CC2)cc1C. The Balaban J connectivity index is 2.07. The van der Waals surface area contributed by atoms with Crippen molar-refractivity contribution in [1.82, 2.24) is 4.90 Å². The van der Waals surface area contributed by atoms with Crippen LogP contribution in [0.2, 0.25) is 0 Å². The van der Waals surface area contributed by atoms with Crippen molar-refractivity contribution in [3.05, 3.63) is 46.8 Å². The van der Waals surface area contributed by atoms with Crippen molar-refractivity contribution < 1.29 is 9.53 Å². The van der Waals surface area contributed by atoms with E-state index in [0.717, 1.165) is 17.5 Å². The second-order valence-electron chi connectivity index (χ2n) is 6.52. The summed E-state index contributed by atoms with van der Waals surface area (Å²) in [5.74, 6) is 0. The molecule has 0 saturated carbocycles. The van der Waals surface area contributed by atoms with Crippen molar-refractivity contribution in [3.8, 4) is 0 Å². The molecular formula is C18H22N2O2. The molecule has 1 amide bonds. The van der Waals surface area contributed by atoms with Crippen LogP contribution in [0.15, 0.2) is 24.3 Å². The summed E-state index contributed by atoms with van der Waals surface area (Å²) < 4.78 is 5.39. The molecule has 0 unspecified atom stereocenters. The van der Waals surface area contributed by atoms with Crippen LogP contribution in [0.25, 0.3) is 10.4 Å². The second-order valence-corrected chi connectivity index (χ2v) is 6.52. The number of ether oxygens (including phenoxy) is 1. The van der Waals surface area contributed by atoms with Crippen LogP contribution in [-0.2, 0) is 4.74 Å². The lowest BCUT2D eigenvalue weighted by Gasteiger charge is -2.29. The van der Waals surface area contributed by atoms with Crippen molar-refractivity contribution in [3.63, 3.8) is 0 Å². The van der Waals surface area contributed by atoms with Gasteiger partial charge in [-0.05, 0) is 50.8 Å². The Labute approximate surface area is 132 Å². The van der Waals surface area contributed by atoms with Crippen LogP contribution in [-0.4, -0.2) is 29.7 Å². The van der Waals surface area contributed by atoms with E-state index in [4.69, 9.17) is 11.3 Å². The lowest BCUT2D eigenvalue weighted by atomic mass is 9.97. The quantitative estimate of drug-likeness (QED) is 0.712. The molecule has 4 heteroatoms. The normalized spacial score (nSPS) is 15.0. The minimum atomic E-state index is -0.465. The number of nitrogens with zero attached hydrogens (tertiary/aromatic N) is 2. The summed E-state index contributed by atoms with van der Waals surface area (Å²) in [6, 6.07) is 5.89. The summed E-state index contributed by atoms with van der Waals surface area (Å²) in [4.78, 5) is 17.2. The first kappa shape index (κ1) is 16.1. The molecule has 4 nitrogen and oxygen atoms in total. The molecule has 1 aromatic rings. The van der Waals surface area contributed by atoms with Gasteiger partial charge in [-0.3, -0.25) is 0 Å². The Kier molecular flexibility index (Phi) is 4.56. The Hall–Kier alpha value is -2.28. The second kappa shape index (κ2) is 6.23. The van der Waals surface area contributed by atoms with Crippen molar-refractivity contribution >= 4 is 17.4 Å². The van der Waals surface area contributed by atoms with E-state index < -0.39 is 5.60 Å². The maximum Gasteiger partial charge on any atom is 0.410 e. The molecule has 0 fully saturated rings. The predicted octanol–water partition coefficient (Wildman–Crippen LogP) is 4.57. The van der Waals surface area contributed by atoms with Crippen molar-refractivity contribution in [2.24, 2.45) is 0 Å². The van der Waals surface area contributed by atoms with Crippen LogP contribution < -0.4 is 0 Å². The smallest absolute Gasteiger partial charge is 0.410 e. The number of carbonyl (C=O) groups is 1. The molecule has 1 aromatic carbocycles. The highest BCUT2D eigenvalue weighted by Gasteiger charge is 2.23. The van der Waals surface area contributed by atoms with Gasteiger partial charge in [-0.1, -0.05) is 24.3 Å². The van der Waals surface area contributed by atoms with E-state index >= 15 is 0 Å². The summed E-state index contributed by atoms with van der Waals surface area (Å²) in [6.07, 6.45) is 2.61. The van der Waals surface area contributed by atoms with Crippen LogP contribution in [0.5, 0.6) is 0 Å². The number of benzene rings is 1. The predicted molar refractivity (Wildman–Crippen MR) is 87.8 cm³/mol. The molecule has 1 heterocycles. The van der Waals surface area contributed by atoms with E-state index in [1.165, 1.54) is 5.57 Å². The van der Waals surface area contributed by atoms with Gasteiger partial charge in [0.05, 0.1) is 6.57 Å². The van der Waals surface area contributed by atoms with Crippen LogP contribution in [0.1, 0.15) is 38.3 Å². The average Bonchev–Trinajstić information content (AvgIpc) is 2.45. The molecule has 0 spiro atoms. The van der Waals surface area contributed by atoms with Gasteiger partial charge in [-0.2, -0.15) is 0 Å². The van der Waals surface area contributed by atoms with Crippen LogP contribution in [0.3, 0.4) is 0 Å². The maximum absolute atomic E-state index is 12.0. The number of rotatable bonds is 1. The van der Waals surface area contributed by atoms with Crippen molar-refractivity contribution in [2.75, 3.05) is 13.1 Å². The lowest BCUT2D eigenvalue weighted by molar-refractivity contribution is 0.0270. The van der Waals surface area contributed by atoms with E-state index in [1.807, 2.05) is 45.9 Å². The zero-order valence-corrected chi connectivity index (χ0v) is 13.6. The highest BCUT2D eigenvalue weighted by atomic mass is 16.6. The van der Waals surface area contributed by atoms with Gasteiger partial charge in [-0.25, -0.2) is 9.64 Å². The Morgan fingerprint density at radius 2 is 2.09 bits per heavy atom. The zero-order valence-electron chi connectivity index (χ0n) is 13.6. The number of aryl methyl sites for hydroxylation is 1. The number of hydrogen-bond acceptors (Lipinski definition) is 2. The number of hydrogen-bond donors (Lipinski definition) is 0. The highest BCUT2D eigenvalue weighted by Crippen LogP contribution is 2.27. The third-order valence-electron chi connectivity index (χ3n) is 3.55. The van der Waals surface area contributed by atoms with Gasteiger partial charge in [-0.15, -0.1) is 0 Å². The molecule has 116 valence electrons. The highest BCUT2D eigenvalue weighted by molar-refractivity contribution is 5.74. The Morgan fingerprint density at radius 1 is 1.36 bits per heavy atom. The van der Waals surface area contributed by atoms with Gasteiger partial charge in [0.1, 0.15) is 5.60 Å². The standard InChI is InChI=1S/C18H22N2O2/c1-13-12-15(6-7-16(13)19-5)14-8-10-20(11-9-14)17(21)22-18(2,3)4/h6-8,12H,9-11H2,1-4H3. The fourth-order valence-electron chi connectivity index (χ4n) is 2.40. The third kappa shape index (κ3) is 3.88. The molecule has 0 aliphatic carbocycles. The van der Waals surface area contributed by atoms with Crippen LogP contribution in [0.4, 0.5) is 10.5 Å². The van der Waals surface area contributed by atoms with Gasteiger partial charge < -0.3 is 9.64 Å². The summed E-state index contributed by atoms with van der Waals surface area (Å²) >= 11 is 0. The molecule has 22 heavy (non-hydrogen) atoms. The van der Waals surface area contributed by atoms with Gasteiger partial charge in [0.2, 0.25) is 0 Å². The summed E-state index contributed by atoms with van der Waals surface area (Å²) in [7, 11) is 0. The van der Waals surface area contributed by atoms with Gasteiger partial charge >= 0.3 is 6.09 Å². The molecule has 0 saturated heterocycles. The average molecular weight is 298 g/mol. The first-order valence-corrected chi connectivity index (χ1v) is 7.45. The lowest BCUT2D eigenvalue weighted by Crippen LogP contribution is -2.39. The largest absolute Gasteiger partial charge is 0.444 e. The molecule has 0 radical (unpaired) electrons. The van der Waals surface area contributed by atoms with Crippen LogP contribution >= 0.6 is 0 Å². The van der Waals surface area contributed by atoms with E-state index in [2.05, 4.69) is 10.9 Å². The third-order valence-corrected chi connectivity index (χ3v) is 3.55. The fourth-order valence-corrected chi connectivity index (χ4v) is 2.40. The Bertz CT molecular complexity index is 648. The van der Waals surface area contributed by atoms with E-state index in [9.17, 15) is 4.79 Å². The van der Waals surface area contributed by atoms with Crippen LogP contribution in [0, 0.1) is 13.5 Å². The topological polar surface area (TPSA) is 33.9 Å². The molecule has 0 bridgehead atoms. The maximum atomic E-state index is 12.0. The van der Waals surface area contributed by atoms with E-state index in [0.29, 0.717) is 18.8 Å². The summed E-state index contributed by atoms with van der Waals surface area (Å²) in [5.41, 5.74) is 3.57. The minimum Gasteiger partial charge on any atom is -0.444 e. The van der Waals surface area contributed by atoms with Crippen molar-refractivity contribution in [2.45, 2.75) is 39.7 Å². The Morgan fingerprint density at radius 3 is 2.59 bits per heavy atom. The minimum absolute atomic E-state index is 0.262. The number of carbonyl (C=O) groups excluding carboxylic acids is 1. The van der Waals surface area contributed by atoms with Gasteiger partial charge in [0.25, 0.3) is 0 Å². The number of amides is 1. The molecule has 0 atom stereocenters. The summed E-state index contributed by atoms with van der Waals surface area (Å²) in [5, 5.41) is 0. The zero-order chi connectivity index (χ0) is 16.3. The molecular weight excluding hydrogens is 276 g/mol. The first-order valence-electron chi connectivity index (χ1n) is 7.45.